The number of nitrogens with one attached hydrogen (secondary N) is 1. The normalized spacial score (nSPS) is 19.0. The van der Waals surface area contributed by atoms with Gasteiger partial charge in [-0.3, -0.25) is 9.69 Å². The molecule has 0 aliphatic carbocycles. The molecule has 0 radical (unpaired) electrons. The Morgan fingerprint density at radius 2 is 1.67 bits per heavy atom. The lowest BCUT2D eigenvalue weighted by atomic mass is 9.94. The zero-order valence-electron chi connectivity index (χ0n) is 18.3. The highest BCUT2D eigenvalue weighted by Crippen LogP contribution is 2.30. The summed E-state index contributed by atoms with van der Waals surface area (Å²) in [5, 5.41) is 3.95. The number of pyridine rings is 1. The topological polar surface area (TPSA) is 48.5 Å². The number of nitrogens with zero attached hydrogens (tertiary/aromatic N) is 3. The molecule has 4 rings (SSSR count). The highest BCUT2D eigenvalue weighted by Gasteiger charge is 2.32. The van der Waals surface area contributed by atoms with Crippen molar-refractivity contribution in [2.75, 3.05) is 31.1 Å². The maximum Gasteiger partial charge on any atom is 0.417 e. The number of hydrogen-bond acceptors (Lipinski definition) is 4. The van der Waals surface area contributed by atoms with Crippen LogP contribution in [0.5, 0.6) is 0 Å². The summed E-state index contributed by atoms with van der Waals surface area (Å²) in [7, 11) is 0. The molecule has 1 aromatic heterocycles. The fourth-order valence-electron chi connectivity index (χ4n) is 4.51. The predicted molar refractivity (Wildman–Crippen MR) is 122 cm³/mol. The van der Waals surface area contributed by atoms with Gasteiger partial charge in [0.1, 0.15) is 5.82 Å². The summed E-state index contributed by atoms with van der Waals surface area (Å²) in [6.45, 7) is 3.97. The van der Waals surface area contributed by atoms with Gasteiger partial charge in [0.15, 0.2) is 0 Å². The minimum absolute atomic E-state index is 0.0669. The number of carbonyl (C=O) groups is 1. The van der Waals surface area contributed by atoms with E-state index in [0.717, 1.165) is 49.8 Å². The molecule has 3 heterocycles. The lowest BCUT2D eigenvalue weighted by Gasteiger charge is -2.35. The third kappa shape index (κ3) is 6.38. The minimum atomic E-state index is -4.39. The van der Waals surface area contributed by atoms with Crippen LogP contribution in [-0.4, -0.2) is 48.0 Å². The molecule has 1 aromatic carbocycles. The van der Waals surface area contributed by atoms with Gasteiger partial charge in [0.05, 0.1) is 5.56 Å². The van der Waals surface area contributed by atoms with E-state index in [1.54, 1.807) is 0 Å². The molecule has 5 nitrogen and oxygen atoms in total. The number of carbonyl (C=O) groups excluding carboxylic acids is 1. The Bertz CT molecular complexity index is 920. The molecule has 2 aliphatic rings. The van der Waals surface area contributed by atoms with Crippen LogP contribution in [0.15, 0.2) is 42.6 Å². The lowest BCUT2D eigenvalue weighted by molar-refractivity contribution is -0.137. The summed E-state index contributed by atoms with van der Waals surface area (Å²) >= 11 is 5.95. The second-order valence-corrected chi connectivity index (χ2v) is 9.29. The molecule has 1 amide bonds. The number of alkyl halides is 3. The van der Waals surface area contributed by atoms with Crippen molar-refractivity contribution in [2.24, 2.45) is 5.92 Å². The predicted octanol–water partition coefficient (Wildman–Crippen LogP) is 4.75. The van der Waals surface area contributed by atoms with Crippen LogP contribution in [0.2, 0.25) is 5.02 Å². The molecule has 33 heavy (non-hydrogen) atoms. The molecule has 1 N–H and O–H groups in total. The number of anilines is 1. The maximum absolute atomic E-state index is 12.8. The molecule has 9 heteroatoms. The van der Waals surface area contributed by atoms with Crippen LogP contribution in [0, 0.1) is 5.92 Å². The van der Waals surface area contributed by atoms with E-state index in [1.165, 1.54) is 11.6 Å². The van der Waals surface area contributed by atoms with Gasteiger partial charge in [-0.25, -0.2) is 4.98 Å². The quantitative estimate of drug-likeness (QED) is 0.671. The number of likely N-dealkylation sites (tertiary alicyclic amines) is 1. The van der Waals surface area contributed by atoms with Gasteiger partial charge in [-0.05, 0) is 55.5 Å². The first kappa shape index (κ1) is 23.8. The van der Waals surface area contributed by atoms with Crippen LogP contribution in [0.1, 0.15) is 36.8 Å². The number of amides is 1. The number of halogens is 4. The van der Waals surface area contributed by atoms with E-state index in [4.69, 9.17) is 11.6 Å². The van der Waals surface area contributed by atoms with Crippen LogP contribution in [0.25, 0.3) is 0 Å². The van der Waals surface area contributed by atoms with E-state index in [9.17, 15) is 18.0 Å². The van der Waals surface area contributed by atoms with Crippen LogP contribution >= 0.6 is 11.6 Å². The fraction of sp³-hybridized carbons (Fsp3) is 0.500. The van der Waals surface area contributed by atoms with E-state index in [-0.39, 0.29) is 17.9 Å². The molecule has 0 unspecified atom stereocenters. The van der Waals surface area contributed by atoms with E-state index in [2.05, 4.69) is 15.2 Å². The van der Waals surface area contributed by atoms with E-state index in [0.29, 0.717) is 31.7 Å². The Morgan fingerprint density at radius 1 is 1.00 bits per heavy atom. The fourth-order valence-corrected chi connectivity index (χ4v) is 4.64. The van der Waals surface area contributed by atoms with Crippen molar-refractivity contribution in [3.63, 3.8) is 0 Å². The first-order valence-corrected chi connectivity index (χ1v) is 11.7. The van der Waals surface area contributed by atoms with E-state index >= 15 is 0 Å². The second kappa shape index (κ2) is 10.3. The smallest absolute Gasteiger partial charge is 0.357 e. The number of piperidine rings is 2. The molecule has 2 aromatic rings. The van der Waals surface area contributed by atoms with Crippen LogP contribution in [0.3, 0.4) is 0 Å². The summed E-state index contributed by atoms with van der Waals surface area (Å²) < 4.78 is 38.2. The first-order chi connectivity index (χ1) is 15.8. The van der Waals surface area contributed by atoms with Gasteiger partial charge in [-0.1, -0.05) is 23.7 Å². The van der Waals surface area contributed by atoms with Gasteiger partial charge in [0.25, 0.3) is 0 Å². The Kier molecular flexibility index (Phi) is 7.44. The standard InChI is InChI=1S/C24H28ClF3N4O/c25-20-4-1-17(2-5-20)16-31-11-9-21(10-12-31)30-23(33)18-7-13-32(14-8-18)22-6-3-19(15-29-22)24(26,27)28/h1-6,15,18,21H,7-14,16H2,(H,30,33). The molecule has 2 fully saturated rings. The van der Waals surface area contributed by atoms with Crippen molar-refractivity contribution >= 4 is 23.3 Å². The van der Waals surface area contributed by atoms with Crippen molar-refractivity contribution < 1.29 is 18.0 Å². The summed E-state index contributed by atoms with van der Waals surface area (Å²) in [5.74, 6) is 0.545. The molecule has 0 spiro atoms. The van der Waals surface area contributed by atoms with Gasteiger partial charge in [0, 0.05) is 55.9 Å². The Balaban J connectivity index is 1.19. The summed E-state index contributed by atoms with van der Waals surface area (Å²) in [4.78, 5) is 21.1. The highest BCUT2D eigenvalue weighted by molar-refractivity contribution is 6.30. The van der Waals surface area contributed by atoms with Crippen LogP contribution in [-0.2, 0) is 17.5 Å². The van der Waals surface area contributed by atoms with Gasteiger partial charge < -0.3 is 10.2 Å². The molecule has 2 aliphatic heterocycles. The molecule has 0 atom stereocenters. The van der Waals surface area contributed by atoms with Gasteiger partial charge >= 0.3 is 6.18 Å². The third-order valence-corrected chi connectivity index (χ3v) is 6.77. The molecule has 0 bridgehead atoms. The van der Waals surface area contributed by atoms with Crippen molar-refractivity contribution in [2.45, 2.75) is 44.4 Å². The van der Waals surface area contributed by atoms with Gasteiger partial charge in [-0.2, -0.15) is 13.2 Å². The second-order valence-electron chi connectivity index (χ2n) is 8.85. The zero-order valence-corrected chi connectivity index (χ0v) is 19.1. The maximum atomic E-state index is 12.8. The first-order valence-electron chi connectivity index (χ1n) is 11.3. The summed E-state index contributed by atoms with van der Waals surface area (Å²) in [6, 6.07) is 10.5. The number of hydrogen-bond donors (Lipinski definition) is 1. The zero-order chi connectivity index (χ0) is 23.4. The van der Waals surface area contributed by atoms with Crippen molar-refractivity contribution in [1.29, 1.82) is 0 Å². The monoisotopic (exact) mass is 480 g/mol. The van der Waals surface area contributed by atoms with Crippen molar-refractivity contribution in [3.05, 3.63) is 58.7 Å². The lowest BCUT2D eigenvalue weighted by Crippen LogP contribution is -2.48. The van der Waals surface area contributed by atoms with Gasteiger partial charge in [-0.15, -0.1) is 0 Å². The molecule has 2 saturated heterocycles. The largest absolute Gasteiger partial charge is 0.417 e. The Morgan fingerprint density at radius 3 is 2.24 bits per heavy atom. The molecule has 0 saturated carbocycles. The number of benzene rings is 1. The average molecular weight is 481 g/mol. The van der Waals surface area contributed by atoms with E-state index in [1.807, 2.05) is 29.2 Å². The van der Waals surface area contributed by atoms with Crippen LogP contribution < -0.4 is 10.2 Å². The number of aromatic nitrogens is 1. The van der Waals surface area contributed by atoms with Crippen molar-refractivity contribution in [3.8, 4) is 0 Å². The summed E-state index contributed by atoms with van der Waals surface area (Å²) in [5.41, 5.74) is 0.482. The molecular formula is C24H28ClF3N4O. The van der Waals surface area contributed by atoms with E-state index < -0.39 is 11.7 Å². The van der Waals surface area contributed by atoms with Gasteiger partial charge in [0.2, 0.25) is 5.91 Å². The minimum Gasteiger partial charge on any atom is -0.357 e. The van der Waals surface area contributed by atoms with Crippen molar-refractivity contribution in [1.82, 2.24) is 15.2 Å². The molecule has 178 valence electrons. The Hall–Kier alpha value is -2.32. The highest BCUT2D eigenvalue weighted by atomic mass is 35.5. The SMILES string of the molecule is O=C(NC1CCN(Cc2ccc(Cl)cc2)CC1)C1CCN(c2ccc(C(F)(F)F)cn2)CC1. The molecular weight excluding hydrogens is 453 g/mol. The van der Waals surface area contributed by atoms with Crippen LogP contribution in [0.4, 0.5) is 19.0 Å². The third-order valence-electron chi connectivity index (χ3n) is 6.52. The number of rotatable bonds is 5. The average Bonchev–Trinajstić information content (AvgIpc) is 2.81. The summed E-state index contributed by atoms with van der Waals surface area (Å²) in [6.07, 6.45) is -0.328. The Labute approximate surface area is 196 Å².